The van der Waals surface area contributed by atoms with E-state index in [-0.39, 0.29) is 171 Å². The Morgan fingerprint density at radius 2 is 0.250 bits per heavy atom. The fraction of sp³-hybridized carbons (Fsp3) is 0. The molecule has 0 amide bonds. The summed E-state index contributed by atoms with van der Waals surface area (Å²) in [5.41, 5.74) is 0. The van der Waals surface area contributed by atoms with Gasteiger partial charge in [-0.15, -0.1) is 0 Å². The molecule has 0 fully saturated rings. The second-order valence-corrected chi connectivity index (χ2v) is 0. The van der Waals surface area contributed by atoms with Crippen LogP contribution in [-0.4, -0.2) is 0 Å². The van der Waals surface area contributed by atoms with Crippen LogP contribution >= 0.6 is 0 Å². The summed E-state index contributed by atoms with van der Waals surface area (Å²) in [4.78, 5) is 0. The minimum atomic E-state index is 0. The van der Waals surface area contributed by atoms with Gasteiger partial charge in [-0.25, -0.2) is 0 Å². The Balaban J connectivity index is 0. The predicted molar refractivity (Wildman–Crippen MR) is 0 cm³/mol. The van der Waals surface area contributed by atoms with E-state index in [0.29, 0.717) is 0 Å². The smallest absolute Gasteiger partial charge is 0 e. The Labute approximate surface area is 167 Å². The van der Waals surface area contributed by atoms with Crippen LogP contribution in [-0.2, 0) is 171 Å². The van der Waals surface area contributed by atoms with Crippen LogP contribution in [0.5, 0.6) is 0 Å². The molecule has 0 unspecified atom stereocenters. The summed E-state index contributed by atoms with van der Waals surface area (Å²) < 4.78 is 0. The molecule has 0 aromatic carbocycles. The molecule has 0 aliphatic heterocycles. The van der Waals surface area contributed by atoms with E-state index in [1.807, 2.05) is 0 Å². The Hall–Kier alpha value is 5.58. The average Bonchev–Trinajstić information content (AvgIpc) is 0. The molecule has 0 aliphatic carbocycles. The number of hydrogen-bond donors (Lipinski definition) is 0. The van der Waals surface area contributed by atoms with Crippen molar-refractivity contribution in [2.45, 2.75) is 0 Å². The Bertz CT molecular complexity index is 6.49. The SMILES string of the molecule is [Cd].[Cd].[Zn].[Zn].[Zn].[Zn].[Zn].[Zn]. The van der Waals surface area contributed by atoms with Crippen molar-refractivity contribution in [2.75, 3.05) is 0 Å². The van der Waals surface area contributed by atoms with Gasteiger partial charge in [-0.05, 0) is 0 Å². The van der Waals surface area contributed by atoms with E-state index in [0.717, 1.165) is 0 Å². The topological polar surface area (TPSA) is 0 Å². The third-order valence-corrected chi connectivity index (χ3v) is 0. The normalized spacial score (nSPS) is 0. The van der Waals surface area contributed by atoms with Gasteiger partial charge in [0.05, 0.1) is 0 Å². The van der Waals surface area contributed by atoms with Gasteiger partial charge in [-0.1, -0.05) is 0 Å². The standard InChI is InChI=1S/2Cd.6Zn. The number of rotatable bonds is 0. The predicted octanol–water partition coefficient (Wildman–Crippen LogP) is -0.0200. The molecule has 0 atom stereocenters. The van der Waals surface area contributed by atoms with Gasteiger partial charge in [0.15, 0.2) is 0 Å². The summed E-state index contributed by atoms with van der Waals surface area (Å²) in [5, 5.41) is 0. The zero-order valence-electron chi connectivity index (χ0n) is 5.66. The van der Waals surface area contributed by atoms with Crippen LogP contribution in [0.1, 0.15) is 0 Å². The summed E-state index contributed by atoms with van der Waals surface area (Å²) in [5.74, 6) is 0. The van der Waals surface area contributed by atoms with Crippen LogP contribution in [0.4, 0.5) is 0 Å². The minimum Gasteiger partial charge on any atom is 0 e. The van der Waals surface area contributed by atoms with Crippen molar-refractivity contribution in [2.24, 2.45) is 0 Å². The number of hydrogen-bond acceptors (Lipinski definition) is 0. The molecule has 0 saturated heterocycles. The van der Waals surface area contributed by atoms with Crippen molar-refractivity contribution in [1.29, 1.82) is 0 Å². The Kier molecular flexibility index (Phi) is 467. The molecule has 0 spiro atoms. The minimum absolute atomic E-state index is 0. The fourth-order valence-corrected chi connectivity index (χ4v) is 0. The molecule has 0 aliphatic rings. The van der Waals surface area contributed by atoms with Crippen LogP contribution < -0.4 is 0 Å². The molecule has 0 saturated carbocycles. The van der Waals surface area contributed by atoms with Crippen molar-refractivity contribution >= 4 is 0 Å². The third kappa shape index (κ3) is 41.6. The van der Waals surface area contributed by atoms with Crippen molar-refractivity contribution in [3.05, 3.63) is 0 Å². The molecule has 0 rings (SSSR count). The van der Waals surface area contributed by atoms with E-state index in [2.05, 4.69) is 0 Å². The fourth-order valence-electron chi connectivity index (χ4n) is 0. The summed E-state index contributed by atoms with van der Waals surface area (Å²) in [6, 6.07) is 0. The Morgan fingerprint density at radius 1 is 0.250 bits per heavy atom. The van der Waals surface area contributed by atoms with Crippen molar-refractivity contribution in [3.8, 4) is 0 Å². The van der Waals surface area contributed by atoms with E-state index < -0.39 is 0 Å². The maximum Gasteiger partial charge on any atom is 0 e. The molecular weight excluding hydrogens is 617 g/mol. The van der Waals surface area contributed by atoms with E-state index in [1.165, 1.54) is 0 Å². The van der Waals surface area contributed by atoms with Crippen LogP contribution in [0.3, 0.4) is 0 Å². The van der Waals surface area contributed by atoms with Gasteiger partial charge in [0.2, 0.25) is 0 Å². The maximum absolute atomic E-state index is 0. The third-order valence-electron chi connectivity index (χ3n) is 0. The van der Waals surface area contributed by atoms with Gasteiger partial charge in [0, 0.05) is 171 Å². The van der Waals surface area contributed by atoms with E-state index in [9.17, 15) is 0 Å². The molecule has 0 aromatic rings. The van der Waals surface area contributed by atoms with Gasteiger partial charge in [-0.2, -0.15) is 0 Å². The first-order valence-corrected chi connectivity index (χ1v) is 0. The summed E-state index contributed by atoms with van der Waals surface area (Å²) in [6.07, 6.45) is 0. The van der Waals surface area contributed by atoms with Crippen molar-refractivity contribution in [3.63, 3.8) is 0 Å². The molecule has 0 N–H and O–H groups in total. The molecule has 0 aromatic heterocycles. The zero-order chi connectivity index (χ0) is 0. The largest absolute Gasteiger partial charge is 0 e. The quantitative estimate of drug-likeness (QED) is 0.336. The average molecular weight is 617 g/mol. The first-order chi connectivity index (χ1) is 0. The van der Waals surface area contributed by atoms with Crippen LogP contribution in [0.25, 0.3) is 0 Å². The van der Waals surface area contributed by atoms with Crippen LogP contribution in [0.15, 0.2) is 0 Å². The van der Waals surface area contributed by atoms with Gasteiger partial charge < -0.3 is 0 Å². The van der Waals surface area contributed by atoms with Gasteiger partial charge >= 0.3 is 0 Å². The van der Waals surface area contributed by atoms with Crippen molar-refractivity contribution < 1.29 is 171 Å². The monoisotopic (exact) mass is 611 g/mol. The molecule has 8 heteroatoms. The van der Waals surface area contributed by atoms with Gasteiger partial charge in [0.25, 0.3) is 0 Å². The van der Waals surface area contributed by atoms with Gasteiger partial charge in [-0.3, -0.25) is 0 Å². The summed E-state index contributed by atoms with van der Waals surface area (Å²) in [7, 11) is 0. The maximum atomic E-state index is 0. The Morgan fingerprint density at radius 3 is 0.250 bits per heavy atom. The van der Waals surface area contributed by atoms with E-state index in [1.54, 1.807) is 0 Å². The van der Waals surface area contributed by atoms with Crippen LogP contribution in [0, 0.1) is 0 Å². The van der Waals surface area contributed by atoms with E-state index >= 15 is 0 Å². The van der Waals surface area contributed by atoms with E-state index in [4.69, 9.17) is 0 Å². The first-order valence-electron chi connectivity index (χ1n) is 0. The first kappa shape index (κ1) is 69.0. The second-order valence-electron chi connectivity index (χ2n) is 0. The zero-order valence-corrected chi connectivity index (χ0v) is 31.5. The van der Waals surface area contributed by atoms with Crippen LogP contribution in [0.2, 0.25) is 0 Å². The molecule has 0 bridgehead atoms. The molecular formula is Cd2Zn6. The molecule has 0 nitrogen and oxygen atoms in total. The van der Waals surface area contributed by atoms with Crippen molar-refractivity contribution in [1.82, 2.24) is 0 Å². The summed E-state index contributed by atoms with van der Waals surface area (Å²) in [6.45, 7) is 0. The molecule has 8 heavy (non-hydrogen) atoms. The molecule has 0 radical (unpaired) electrons. The molecule has 0 heterocycles. The second kappa shape index (κ2) is 54.2. The van der Waals surface area contributed by atoms with Gasteiger partial charge in [0.1, 0.15) is 0 Å². The summed E-state index contributed by atoms with van der Waals surface area (Å²) >= 11 is 0. The molecule has 16 valence electrons.